The monoisotopic (exact) mass is 186 g/mol. The van der Waals surface area contributed by atoms with Gasteiger partial charge in [0.2, 0.25) is 0 Å². The van der Waals surface area contributed by atoms with Crippen molar-refractivity contribution in [2.24, 2.45) is 0 Å². The van der Waals surface area contributed by atoms with Gasteiger partial charge in [-0.15, -0.1) is 0 Å². The lowest BCUT2D eigenvalue weighted by Crippen LogP contribution is -2.38. The summed E-state index contributed by atoms with van der Waals surface area (Å²) in [5, 5.41) is 0. The van der Waals surface area contributed by atoms with E-state index in [-0.39, 0.29) is 0 Å². The first-order chi connectivity index (χ1) is 4.81. The highest BCUT2D eigenvalue weighted by Crippen LogP contribution is 2.35. The third kappa shape index (κ3) is 4.05. The first-order valence-corrected chi connectivity index (χ1v) is 2.19. The highest BCUT2D eigenvalue weighted by atomic mass is 19.4. The first kappa shape index (κ1) is 13.1. The molecular weight excluding hydrogens is 181 g/mol. The van der Waals surface area contributed by atoms with Gasteiger partial charge < -0.3 is 0 Å². The zero-order chi connectivity index (χ0) is 9.71. The van der Waals surface area contributed by atoms with E-state index in [0.29, 0.717) is 7.18 Å². The van der Waals surface area contributed by atoms with E-state index in [0.717, 1.165) is 0 Å². The summed E-state index contributed by atoms with van der Waals surface area (Å²) in [5.41, 5.74) is 0. The van der Waals surface area contributed by atoms with E-state index in [1.165, 1.54) is 0 Å². The molecule has 0 atom stereocenters. The van der Waals surface area contributed by atoms with E-state index in [1.807, 2.05) is 0 Å². The van der Waals surface area contributed by atoms with Gasteiger partial charge in [0.1, 0.15) is 0 Å². The Hall–Kier alpha value is -0.490. The molecule has 0 saturated heterocycles. The molecule has 0 amide bonds. The van der Waals surface area contributed by atoms with Crippen molar-refractivity contribution >= 4 is 0 Å². The van der Waals surface area contributed by atoms with Crippen LogP contribution in [0.1, 0.15) is 0 Å². The quantitative estimate of drug-likeness (QED) is 0.552. The van der Waals surface area contributed by atoms with Crippen molar-refractivity contribution < 1.29 is 30.7 Å². The van der Waals surface area contributed by atoms with Crippen molar-refractivity contribution in [1.29, 1.82) is 0 Å². The summed E-state index contributed by atoms with van der Waals surface area (Å²) >= 11 is 0. The molecule has 0 bridgehead atoms. The fourth-order valence-corrected chi connectivity index (χ4v) is 0.0758. The lowest BCUT2D eigenvalue weighted by Gasteiger charge is -2.14. The third-order valence-electron chi connectivity index (χ3n) is 0.583. The minimum absolute atomic E-state index is 0.500. The lowest BCUT2D eigenvalue weighted by atomic mass is 10.4. The van der Waals surface area contributed by atoms with Crippen LogP contribution in [-0.2, 0) is 0 Å². The van der Waals surface area contributed by atoms with E-state index in [1.54, 1.807) is 0 Å². The summed E-state index contributed by atoms with van der Waals surface area (Å²) in [4.78, 5) is 0. The van der Waals surface area contributed by atoms with Crippen LogP contribution in [0.5, 0.6) is 0 Å². The van der Waals surface area contributed by atoms with Gasteiger partial charge >= 0.3 is 12.1 Å². The molecule has 0 unspecified atom stereocenters. The zero-order valence-corrected chi connectivity index (χ0v) is 5.35. The molecule has 0 aliphatic rings. The molecule has 0 fully saturated rings. The molecular formula is C4H5F7. The van der Waals surface area contributed by atoms with Crippen LogP contribution in [-0.4, -0.2) is 26.0 Å². The zero-order valence-electron chi connectivity index (χ0n) is 5.35. The molecule has 11 heavy (non-hydrogen) atoms. The van der Waals surface area contributed by atoms with Crippen molar-refractivity contribution in [3.63, 3.8) is 0 Å². The maximum atomic E-state index is 11.2. The lowest BCUT2D eigenvalue weighted by molar-refractivity contribution is -0.286. The summed E-state index contributed by atoms with van der Waals surface area (Å²) in [6.45, 7) is -2.70. The summed E-state index contributed by atoms with van der Waals surface area (Å²) in [5.74, 6) is -5.19. The molecule has 0 aromatic heterocycles. The molecule has 7 heteroatoms. The normalized spacial score (nSPS) is 12.0. The number of halogens is 7. The molecule has 70 valence electrons. The molecule has 0 spiro atoms. The number of hydrogen-bond acceptors (Lipinski definition) is 0. The maximum absolute atomic E-state index is 11.2. The van der Waals surface area contributed by atoms with Gasteiger partial charge in [-0.25, -0.2) is 4.39 Å². The van der Waals surface area contributed by atoms with Crippen molar-refractivity contribution in [3.05, 3.63) is 0 Å². The van der Waals surface area contributed by atoms with Crippen LogP contribution in [0.4, 0.5) is 30.7 Å². The van der Waals surface area contributed by atoms with Gasteiger partial charge in [-0.05, 0) is 0 Å². The van der Waals surface area contributed by atoms with Gasteiger partial charge in [0.15, 0.2) is 6.67 Å². The van der Waals surface area contributed by atoms with Gasteiger partial charge in [0, 0.05) is 0 Å². The van der Waals surface area contributed by atoms with E-state index in [9.17, 15) is 30.7 Å². The van der Waals surface area contributed by atoms with Crippen molar-refractivity contribution in [2.75, 3.05) is 13.9 Å². The Balaban J connectivity index is 0. The van der Waals surface area contributed by atoms with Crippen LogP contribution in [0.2, 0.25) is 0 Å². The molecule has 0 aromatic carbocycles. The second kappa shape index (κ2) is 4.40. The second-order valence-corrected chi connectivity index (χ2v) is 1.34. The fraction of sp³-hybridized carbons (Fsp3) is 1.00. The Kier molecular flexibility index (Phi) is 5.25. The minimum atomic E-state index is -5.76. The molecule has 0 aliphatic heterocycles. The van der Waals surface area contributed by atoms with Crippen LogP contribution < -0.4 is 0 Å². The highest BCUT2D eigenvalue weighted by molar-refractivity contribution is 4.73. The SMILES string of the molecule is CF.FCC(F)(F)C(F)(F)F. The standard InChI is InChI=1S/C3H2F6.CH3F/c4-1-2(5,6)3(7,8)9;1-2/h1H2;1H3. The van der Waals surface area contributed by atoms with Gasteiger partial charge in [0.05, 0.1) is 7.18 Å². The summed E-state index contributed by atoms with van der Waals surface area (Å²) in [6.07, 6.45) is -5.76. The molecule has 0 aromatic rings. The number of alkyl halides is 7. The molecule has 0 rings (SSSR count). The molecule has 0 aliphatic carbocycles. The van der Waals surface area contributed by atoms with Gasteiger partial charge in [-0.3, -0.25) is 4.39 Å². The molecule has 0 radical (unpaired) electrons. The highest BCUT2D eigenvalue weighted by Gasteiger charge is 2.57. The van der Waals surface area contributed by atoms with Gasteiger partial charge in [-0.1, -0.05) is 0 Å². The van der Waals surface area contributed by atoms with E-state index < -0.39 is 18.8 Å². The predicted molar refractivity (Wildman–Crippen MR) is 24.0 cm³/mol. The molecule has 0 heterocycles. The molecule has 0 N–H and O–H groups in total. The second-order valence-electron chi connectivity index (χ2n) is 1.34. The Morgan fingerprint density at radius 1 is 0.909 bits per heavy atom. The van der Waals surface area contributed by atoms with E-state index >= 15 is 0 Å². The topological polar surface area (TPSA) is 0 Å². The first-order valence-electron chi connectivity index (χ1n) is 2.19. The average Bonchev–Trinajstić information content (AvgIpc) is 1.90. The Bertz CT molecular complexity index is 93.1. The van der Waals surface area contributed by atoms with Crippen molar-refractivity contribution in [2.45, 2.75) is 12.1 Å². The number of rotatable bonds is 1. The summed E-state index contributed by atoms with van der Waals surface area (Å²) in [7, 11) is 0.500. The minimum Gasteiger partial charge on any atom is -0.255 e. The Labute approximate surface area is 58.0 Å². The predicted octanol–water partition coefficient (Wildman–Crippen LogP) is 2.74. The van der Waals surface area contributed by atoms with Crippen LogP contribution in [0.15, 0.2) is 0 Å². The fourth-order valence-electron chi connectivity index (χ4n) is 0.0758. The summed E-state index contributed by atoms with van der Waals surface area (Å²) in [6, 6.07) is 0. The third-order valence-corrected chi connectivity index (χ3v) is 0.583. The van der Waals surface area contributed by atoms with Crippen LogP contribution in [0.3, 0.4) is 0 Å². The average molecular weight is 186 g/mol. The van der Waals surface area contributed by atoms with Crippen molar-refractivity contribution in [3.8, 4) is 0 Å². The Morgan fingerprint density at radius 2 is 1.18 bits per heavy atom. The smallest absolute Gasteiger partial charge is 0.255 e. The molecule has 0 saturated carbocycles. The van der Waals surface area contributed by atoms with Crippen LogP contribution in [0, 0.1) is 0 Å². The van der Waals surface area contributed by atoms with Crippen molar-refractivity contribution in [1.82, 2.24) is 0 Å². The van der Waals surface area contributed by atoms with Crippen LogP contribution in [0.25, 0.3) is 0 Å². The van der Waals surface area contributed by atoms with E-state index in [2.05, 4.69) is 0 Å². The van der Waals surface area contributed by atoms with E-state index in [4.69, 9.17) is 0 Å². The van der Waals surface area contributed by atoms with Gasteiger partial charge in [0.25, 0.3) is 0 Å². The largest absolute Gasteiger partial charge is 0.456 e. The number of hydrogen-bond donors (Lipinski definition) is 0. The summed E-state index contributed by atoms with van der Waals surface area (Å²) < 4.78 is 75.1. The molecule has 0 nitrogen and oxygen atoms in total. The van der Waals surface area contributed by atoms with Crippen LogP contribution >= 0.6 is 0 Å². The van der Waals surface area contributed by atoms with Gasteiger partial charge in [-0.2, -0.15) is 22.0 Å². The maximum Gasteiger partial charge on any atom is 0.456 e. The Morgan fingerprint density at radius 3 is 1.18 bits per heavy atom.